The molecule has 1 N–H and O–H groups in total. The second-order valence-corrected chi connectivity index (χ2v) is 3.30. The number of rotatable bonds is 0. The number of nitrogens with zero attached hydrogens (tertiary/aromatic N) is 1. The Morgan fingerprint density at radius 1 is 1.23 bits per heavy atom. The maximum atomic E-state index is 8.81. The quantitative estimate of drug-likeness (QED) is 0.648. The molecular weight excluding hydrogens is 160 g/mol. The molecule has 0 saturated heterocycles. The van der Waals surface area contributed by atoms with Crippen LogP contribution in [0.1, 0.15) is 16.7 Å². The molecule has 0 fully saturated rings. The van der Waals surface area contributed by atoms with Crippen LogP contribution in [-0.4, -0.2) is 4.98 Å². The van der Waals surface area contributed by atoms with E-state index in [4.69, 9.17) is 5.26 Å². The fourth-order valence-corrected chi connectivity index (χ4v) is 1.48. The monoisotopic (exact) mass is 170 g/mol. The molecule has 2 aromatic rings. The van der Waals surface area contributed by atoms with Gasteiger partial charge in [-0.1, -0.05) is 0 Å². The van der Waals surface area contributed by atoms with Gasteiger partial charge in [-0.15, -0.1) is 0 Å². The summed E-state index contributed by atoms with van der Waals surface area (Å²) in [5.74, 6) is 0. The van der Waals surface area contributed by atoms with Gasteiger partial charge in [0.15, 0.2) is 0 Å². The van der Waals surface area contributed by atoms with Crippen molar-refractivity contribution >= 4 is 10.9 Å². The first-order chi connectivity index (χ1) is 6.22. The molecule has 2 nitrogen and oxygen atoms in total. The number of H-pyrrole nitrogens is 1. The van der Waals surface area contributed by atoms with Crippen LogP contribution in [0.15, 0.2) is 18.3 Å². The van der Waals surface area contributed by atoms with Crippen LogP contribution in [0, 0.1) is 25.2 Å². The second kappa shape index (κ2) is 2.63. The summed E-state index contributed by atoms with van der Waals surface area (Å²) in [7, 11) is 0. The summed E-state index contributed by atoms with van der Waals surface area (Å²) in [6.07, 6.45) is 1.75. The molecule has 0 aliphatic carbocycles. The van der Waals surface area contributed by atoms with Gasteiger partial charge in [-0.3, -0.25) is 0 Å². The van der Waals surface area contributed by atoms with Crippen LogP contribution in [0.3, 0.4) is 0 Å². The molecule has 0 amide bonds. The van der Waals surface area contributed by atoms with E-state index < -0.39 is 0 Å². The van der Waals surface area contributed by atoms with Crippen molar-refractivity contribution in [3.8, 4) is 6.07 Å². The minimum Gasteiger partial charge on any atom is -0.360 e. The molecular formula is C11H10N2. The Labute approximate surface area is 76.8 Å². The van der Waals surface area contributed by atoms with Gasteiger partial charge in [0.05, 0.1) is 5.56 Å². The van der Waals surface area contributed by atoms with Crippen LogP contribution < -0.4 is 0 Å². The van der Waals surface area contributed by atoms with Crippen LogP contribution in [0.5, 0.6) is 0 Å². The summed E-state index contributed by atoms with van der Waals surface area (Å²) in [5.41, 5.74) is 4.24. The van der Waals surface area contributed by atoms with E-state index >= 15 is 0 Å². The van der Waals surface area contributed by atoms with Crippen LogP contribution in [0.25, 0.3) is 10.9 Å². The Balaban J connectivity index is 2.86. The second-order valence-electron chi connectivity index (χ2n) is 3.30. The van der Waals surface area contributed by atoms with Crippen LogP contribution in [0.4, 0.5) is 0 Å². The number of aryl methyl sites for hydroxylation is 2. The maximum absolute atomic E-state index is 8.81. The Morgan fingerprint density at radius 3 is 2.62 bits per heavy atom. The van der Waals surface area contributed by atoms with E-state index in [0.29, 0.717) is 0 Å². The van der Waals surface area contributed by atoms with Gasteiger partial charge in [0.1, 0.15) is 6.07 Å². The highest BCUT2D eigenvalue weighted by Gasteiger charge is 2.03. The molecule has 64 valence electrons. The van der Waals surface area contributed by atoms with E-state index in [1.165, 1.54) is 11.1 Å². The van der Waals surface area contributed by atoms with Crippen molar-refractivity contribution in [1.29, 1.82) is 5.26 Å². The summed E-state index contributed by atoms with van der Waals surface area (Å²) in [4.78, 5) is 3.08. The fourth-order valence-electron chi connectivity index (χ4n) is 1.48. The van der Waals surface area contributed by atoms with Crippen molar-refractivity contribution in [3.63, 3.8) is 0 Å². The zero-order valence-corrected chi connectivity index (χ0v) is 7.68. The summed E-state index contributed by atoms with van der Waals surface area (Å²) in [6, 6.07) is 6.30. The number of aromatic nitrogens is 1. The van der Waals surface area contributed by atoms with Crippen LogP contribution in [-0.2, 0) is 0 Å². The molecule has 0 saturated carbocycles. The van der Waals surface area contributed by atoms with E-state index in [1.807, 2.05) is 0 Å². The molecule has 0 radical (unpaired) electrons. The molecule has 2 heteroatoms. The minimum atomic E-state index is 0.720. The number of nitriles is 1. The number of fused-ring (bicyclic) bond motifs is 1. The fraction of sp³-hybridized carbons (Fsp3) is 0.182. The van der Waals surface area contributed by atoms with E-state index in [1.54, 1.807) is 6.20 Å². The van der Waals surface area contributed by atoms with Crippen LogP contribution >= 0.6 is 0 Å². The molecule has 0 spiro atoms. The van der Waals surface area contributed by atoms with E-state index in [0.717, 1.165) is 16.5 Å². The predicted octanol–water partition coefficient (Wildman–Crippen LogP) is 2.66. The molecule has 1 aromatic carbocycles. The Morgan fingerprint density at radius 2 is 1.92 bits per heavy atom. The van der Waals surface area contributed by atoms with Gasteiger partial charge in [0.2, 0.25) is 0 Å². The lowest BCUT2D eigenvalue weighted by atomic mass is 10.1. The highest BCUT2D eigenvalue weighted by Crippen LogP contribution is 2.21. The van der Waals surface area contributed by atoms with E-state index in [2.05, 4.69) is 37.0 Å². The summed E-state index contributed by atoms with van der Waals surface area (Å²) in [6.45, 7) is 4.13. The van der Waals surface area contributed by atoms with Gasteiger partial charge in [-0.25, -0.2) is 0 Å². The number of hydrogen-bond donors (Lipinski definition) is 1. The minimum absolute atomic E-state index is 0.720. The zero-order valence-electron chi connectivity index (χ0n) is 7.68. The van der Waals surface area contributed by atoms with Gasteiger partial charge in [-0.05, 0) is 37.1 Å². The van der Waals surface area contributed by atoms with Crippen molar-refractivity contribution < 1.29 is 0 Å². The third-order valence-electron chi connectivity index (χ3n) is 2.42. The van der Waals surface area contributed by atoms with Gasteiger partial charge in [0, 0.05) is 17.1 Å². The Kier molecular flexibility index (Phi) is 1.60. The zero-order chi connectivity index (χ0) is 9.42. The first-order valence-corrected chi connectivity index (χ1v) is 4.21. The molecule has 0 atom stereocenters. The predicted molar refractivity (Wildman–Crippen MR) is 52.5 cm³/mol. The smallest absolute Gasteiger partial charge is 0.101 e. The van der Waals surface area contributed by atoms with Crippen LogP contribution in [0.2, 0.25) is 0 Å². The largest absolute Gasteiger partial charge is 0.360 e. The van der Waals surface area contributed by atoms with Crippen molar-refractivity contribution in [2.75, 3.05) is 0 Å². The average Bonchev–Trinajstić information content (AvgIpc) is 2.48. The normalized spacial score (nSPS) is 10.2. The summed E-state index contributed by atoms with van der Waals surface area (Å²) >= 11 is 0. The molecule has 0 aliphatic rings. The number of nitrogens with one attached hydrogen (secondary N) is 1. The Hall–Kier alpha value is -1.75. The first kappa shape index (κ1) is 7.88. The molecule has 1 aromatic heterocycles. The molecule has 0 aliphatic heterocycles. The molecule has 2 rings (SSSR count). The number of benzene rings is 1. The average molecular weight is 170 g/mol. The lowest BCUT2D eigenvalue weighted by Crippen LogP contribution is -1.80. The summed E-state index contributed by atoms with van der Waals surface area (Å²) in [5, 5.41) is 9.83. The highest BCUT2D eigenvalue weighted by atomic mass is 14.7. The number of hydrogen-bond acceptors (Lipinski definition) is 1. The number of aromatic amines is 1. The van der Waals surface area contributed by atoms with E-state index in [-0.39, 0.29) is 0 Å². The van der Waals surface area contributed by atoms with Crippen molar-refractivity contribution in [3.05, 3.63) is 35.0 Å². The molecule has 13 heavy (non-hydrogen) atoms. The maximum Gasteiger partial charge on any atom is 0.101 e. The molecule has 0 unspecified atom stereocenters. The van der Waals surface area contributed by atoms with Gasteiger partial charge in [-0.2, -0.15) is 5.26 Å². The third kappa shape index (κ3) is 1.09. The first-order valence-electron chi connectivity index (χ1n) is 4.21. The third-order valence-corrected chi connectivity index (χ3v) is 2.42. The van der Waals surface area contributed by atoms with Gasteiger partial charge in [0.25, 0.3) is 0 Å². The highest BCUT2D eigenvalue weighted by molar-refractivity contribution is 5.86. The van der Waals surface area contributed by atoms with Gasteiger partial charge < -0.3 is 4.98 Å². The standard InChI is InChI=1S/C11H10N2/c1-7-3-10-9(5-12)6-13-11(10)4-8(7)2/h3-4,6,13H,1-2H3. The van der Waals surface area contributed by atoms with Gasteiger partial charge >= 0.3 is 0 Å². The SMILES string of the molecule is Cc1cc2[nH]cc(C#N)c2cc1C. The lowest BCUT2D eigenvalue weighted by Gasteiger charge is -1.99. The van der Waals surface area contributed by atoms with Crippen molar-refractivity contribution in [2.45, 2.75) is 13.8 Å². The topological polar surface area (TPSA) is 39.6 Å². The lowest BCUT2D eigenvalue weighted by molar-refractivity contribution is 1.35. The summed E-state index contributed by atoms with van der Waals surface area (Å²) < 4.78 is 0. The van der Waals surface area contributed by atoms with Crippen molar-refractivity contribution in [2.24, 2.45) is 0 Å². The molecule has 0 bridgehead atoms. The van der Waals surface area contributed by atoms with E-state index in [9.17, 15) is 0 Å². The molecule has 1 heterocycles. The van der Waals surface area contributed by atoms with Crippen molar-refractivity contribution in [1.82, 2.24) is 4.98 Å². The Bertz CT molecular complexity index is 501.